The predicted octanol–water partition coefficient (Wildman–Crippen LogP) is 2.79. The van der Waals surface area contributed by atoms with E-state index in [0.29, 0.717) is 11.0 Å². The fraction of sp³-hybridized carbons (Fsp3) is 0.778. The Labute approximate surface area is 95.5 Å². The summed E-state index contributed by atoms with van der Waals surface area (Å²) in [5.74, 6) is -0.377. The highest BCUT2D eigenvalue weighted by Crippen LogP contribution is 2.31. The van der Waals surface area contributed by atoms with Crippen molar-refractivity contribution in [3.63, 3.8) is 0 Å². The molecule has 1 aliphatic rings. The second kappa shape index (κ2) is 4.20. The van der Waals surface area contributed by atoms with Crippen LogP contribution in [0, 0.1) is 5.92 Å². The van der Waals surface area contributed by atoms with Crippen LogP contribution in [0.2, 0.25) is 0 Å². The molecule has 0 N–H and O–H groups in total. The van der Waals surface area contributed by atoms with Crippen molar-refractivity contribution in [2.45, 2.75) is 25.9 Å². The van der Waals surface area contributed by atoms with Gasteiger partial charge in [0.05, 0.1) is 0 Å². The molecular formula is C9H12F3N3S. The molecule has 2 rings (SSSR count). The molecule has 7 heteroatoms. The largest absolute Gasteiger partial charge is 0.452 e. The molecule has 1 fully saturated rings. The molecule has 0 spiro atoms. The van der Waals surface area contributed by atoms with E-state index in [2.05, 4.69) is 16.3 Å². The minimum atomic E-state index is -4.43. The molecule has 0 aliphatic carbocycles. The van der Waals surface area contributed by atoms with E-state index in [1.807, 2.05) is 4.90 Å². The van der Waals surface area contributed by atoms with E-state index < -0.39 is 12.0 Å². The van der Waals surface area contributed by atoms with Crippen LogP contribution in [0.5, 0.6) is 0 Å². The number of hydrogen-bond donors (Lipinski definition) is 0. The van der Waals surface area contributed by atoms with Crippen molar-refractivity contribution >= 4 is 16.7 Å². The Hall–Kier alpha value is -0.850. The molecule has 1 aliphatic heterocycles. The molecule has 16 heavy (non-hydrogen) atoms. The molecule has 1 saturated heterocycles. The summed E-state index contributed by atoms with van der Waals surface area (Å²) in [6.45, 7) is 3.69. The van der Waals surface area contributed by atoms with Crippen molar-refractivity contribution in [3.8, 4) is 0 Å². The summed E-state index contributed by atoms with van der Waals surface area (Å²) in [4.78, 5) is 5.42. The first-order chi connectivity index (χ1) is 7.47. The third kappa shape index (κ3) is 2.45. The quantitative estimate of drug-likeness (QED) is 0.768. The summed E-state index contributed by atoms with van der Waals surface area (Å²) in [5, 5.41) is 0.388. The second-order valence-electron chi connectivity index (χ2n) is 4.07. The topological polar surface area (TPSA) is 29.0 Å². The zero-order chi connectivity index (χ0) is 11.8. The van der Waals surface area contributed by atoms with Gasteiger partial charge in [-0.05, 0) is 18.8 Å². The van der Waals surface area contributed by atoms with Crippen molar-refractivity contribution in [2.24, 2.45) is 5.92 Å². The Bertz CT molecular complexity index is 355. The van der Waals surface area contributed by atoms with Crippen molar-refractivity contribution in [1.29, 1.82) is 0 Å². The number of alkyl halides is 3. The number of aromatic nitrogens is 2. The van der Waals surface area contributed by atoms with Gasteiger partial charge >= 0.3 is 6.18 Å². The highest BCUT2D eigenvalue weighted by Gasteiger charge is 2.36. The van der Waals surface area contributed by atoms with Gasteiger partial charge in [-0.2, -0.15) is 22.5 Å². The highest BCUT2D eigenvalue weighted by molar-refractivity contribution is 7.09. The van der Waals surface area contributed by atoms with Gasteiger partial charge in [0, 0.05) is 24.6 Å². The minimum Gasteiger partial charge on any atom is -0.347 e. The van der Waals surface area contributed by atoms with E-state index >= 15 is 0 Å². The van der Waals surface area contributed by atoms with Gasteiger partial charge in [-0.25, -0.2) is 0 Å². The standard InChI is InChI=1S/C9H12F3N3S/c1-6-2-4-15(5-3-6)8-13-7(14-16-8)9(10,11)12/h6H,2-5H2,1H3. The summed E-state index contributed by atoms with van der Waals surface area (Å²) in [5.41, 5.74) is 0. The number of halogens is 3. The molecule has 90 valence electrons. The molecule has 0 aromatic carbocycles. The lowest BCUT2D eigenvalue weighted by Crippen LogP contribution is -2.32. The van der Waals surface area contributed by atoms with Crippen LogP contribution in [0.15, 0.2) is 0 Å². The SMILES string of the molecule is CC1CCN(c2nc(C(F)(F)F)ns2)CC1. The van der Waals surface area contributed by atoms with E-state index in [0.717, 1.165) is 37.5 Å². The van der Waals surface area contributed by atoms with Crippen molar-refractivity contribution in [1.82, 2.24) is 9.36 Å². The summed E-state index contributed by atoms with van der Waals surface area (Å²) >= 11 is 0.829. The van der Waals surface area contributed by atoms with Crippen LogP contribution in [0.25, 0.3) is 0 Å². The summed E-state index contributed by atoms with van der Waals surface area (Å²) in [7, 11) is 0. The molecule has 2 heterocycles. The van der Waals surface area contributed by atoms with Crippen LogP contribution in [-0.4, -0.2) is 22.4 Å². The normalized spacial score (nSPS) is 19.1. The predicted molar refractivity (Wildman–Crippen MR) is 55.5 cm³/mol. The maximum atomic E-state index is 12.3. The van der Waals surface area contributed by atoms with Crippen molar-refractivity contribution in [3.05, 3.63) is 5.82 Å². The third-order valence-corrected chi connectivity index (χ3v) is 3.50. The van der Waals surface area contributed by atoms with Gasteiger partial charge in [-0.1, -0.05) is 6.92 Å². The van der Waals surface area contributed by atoms with Crippen LogP contribution in [0.4, 0.5) is 18.3 Å². The molecule has 1 aromatic heterocycles. The van der Waals surface area contributed by atoms with E-state index in [1.54, 1.807) is 0 Å². The summed E-state index contributed by atoms with van der Waals surface area (Å²) < 4.78 is 40.2. The van der Waals surface area contributed by atoms with Crippen LogP contribution in [-0.2, 0) is 6.18 Å². The summed E-state index contributed by atoms with van der Waals surface area (Å²) in [6, 6.07) is 0. The molecule has 3 nitrogen and oxygen atoms in total. The molecule has 0 unspecified atom stereocenters. The van der Waals surface area contributed by atoms with Gasteiger partial charge in [-0.15, -0.1) is 0 Å². The smallest absolute Gasteiger partial charge is 0.347 e. The fourth-order valence-electron chi connectivity index (χ4n) is 1.66. The lowest BCUT2D eigenvalue weighted by molar-refractivity contribution is -0.144. The van der Waals surface area contributed by atoms with E-state index in [1.165, 1.54) is 0 Å². The number of piperidine rings is 1. The van der Waals surface area contributed by atoms with Crippen LogP contribution >= 0.6 is 11.5 Å². The Balaban J connectivity index is 2.08. The first-order valence-corrected chi connectivity index (χ1v) is 5.90. The Morgan fingerprint density at radius 2 is 1.94 bits per heavy atom. The van der Waals surface area contributed by atoms with Crippen LogP contribution in [0.3, 0.4) is 0 Å². The van der Waals surface area contributed by atoms with Gasteiger partial charge in [0.25, 0.3) is 0 Å². The van der Waals surface area contributed by atoms with E-state index in [-0.39, 0.29) is 0 Å². The Morgan fingerprint density at radius 1 is 1.31 bits per heavy atom. The monoisotopic (exact) mass is 251 g/mol. The average Bonchev–Trinajstić information content (AvgIpc) is 2.67. The molecule has 0 bridgehead atoms. The first kappa shape index (κ1) is 11.6. The van der Waals surface area contributed by atoms with Crippen LogP contribution in [0.1, 0.15) is 25.6 Å². The second-order valence-corrected chi connectivity index (χ2v) is 4.80. The number of anilines is 1. The highest BCUT2D eigenvalue weighted by atomic mass is 32.1. The number of hydrogen-bond acceptors (Lipinski definition) is 4. The summed E-state index contributed by atoms with van der Waals surface area (Å²) in [6.07, 6.45) is -2.43. The maximum absolute atomic E-state index is 12.3. The lowest BCUT2D eigenvalue weighted by Gasteiger charge is -2.29. The molecule has 1 aromatic rings. The third-order valence-electron chi connectivity index (χ3n) is 2.72. The minimum absolute atomic E-state index is 0.388. The number of rotatable bonds is 1. The Kier molecular flexibility index (Phi) is 3.05. The molecular weight excluding hydrogens is 239 g/mol. The lowest BCUT2D eigenvalue weighted by atomic mass is 10.00. The molecule has 0 atom stereocenters. The fourth-order valence-corrected chi connectivity index (χ4v) is 2.40. The number of nitrogens with zero attached hydrogens (tertiary/aromatic N) is 3. The van der Waals surface area contributed by atoms with Crippen molar-refractivity contribution < 1.29 is 13.2 Å². The van der Waals surface area contributed by atoms with Crippen molar-refractivity contribution in [2.75, 3.05) is 18.0 Å². The van der Waals surface area contributed by atoms with E-state index in [4.69, 9.17) is 0 Å². The molecule has 0 saturated carbocycles. The van der Waals surface area contributed by atoms with E-state index in [9.17, 15) is 13.2 Å². The molecule has 0 radical (unpaired) electrons. The van der Waals surface area contributed by atoms with Gasteiger partial charge in [0.15, 0.2) is 0 Å². The molecule has 0 amide bonds. The van der Waals surface area contributed by atoms with Gasteiger partial charge in [-0.3, -0.25) is 0 Å². The Morgan fingerprint density at radius 3 is 2.44 bits per heavy atom. The van der Waals surface area contributed by atoms with Gasteiger partial charge in [0.1, 0.15) is 0 Å². The zero-order valence-electron chi connectivity index (χ0n) is 8.79. The van der Waals surface area contributed by atoms with Gasteiger partial charge in [0.2, 0.25) is 11.0 Å². The average molecular weight is 251 g/mol. The van der Waals surface area contributed by atoms with Gasteiger partial charge < -0.3 is 4.90 Å². The zero-order valence-corrected chi connectivity index (χ0v) is 9.61. The maximum Gasteiger partial charge on any atom is 0.452 e. The van der Waals surface area contributed by atoms with Crippen LogP contribution < -0.4 is 4.90 Å². The first-order valence-electron chi connectivity index (χ1n) is 5.12.